The summed E-state index contributed by atoms with van der Waals surface area (Å²) in [4.78, 5) is 11.6. The molecular formula is C13H24N2O. The van der Waals surface area contributed by atoms with Crippen molar-refractivity contribution in [3.63, 3.8) is 0 Å². The zero-order chi connectivity index (χ0) is 12.4. The van der Waals surface area contributed by atoms with Gasteiger partial charge in [0.05, 0.1) is 6.04 Å². The van der Waals surface area contributed by atoms with Crippen LogP contribution >= 0.6 is 0 Å². The average molecular weight is 224 g/mol. The number of nitrogens with one attached hydrogen (secondary N) is 1. The van der Waals surface area contributed by atoms with Gasteiger partial charge in [-0.3, -0.25) is 4.79 Å². The molecule has 0 aliphatic carbocycles. The van der Waals surface area contributed by atoms with Crippen molar-refractivity contribution in [3.8, 4) is 12.3 Å². The van der Waals surface area contributed by atoms with Gasteiger partial charge in [-0.1, -0.05) is 33.1 Å². The summed E-state index contributed by atoms with van der Waals surface area (Å²) < 4.78 is 0. The number of rotatable bonds is 8. The third-order valence-corrected chi connectivity index (χ3v) is 2.56. The highest BCUT2D eigenvalue weighted by Gasteiger charge is 2.16. The highest BCUT2D eigenvalue weighted by atomic mass is 16.2. The quantitative estimate of drug-likeness (QED) is 0.618. The molecule has 0 spiro atoms. The maximum Gasteiger partial charge on any atom is 0.238 e. The highest BCUT2D eigenvalue weighted by Crippen LogP contribution is 2.07. The minimum Gasteiger partial charge on any atom is -0.352 e. The van der Waals surface area contributed by atoms with Gasteiger partial charge >= 0.3 is 0 Å². The zero-order valence-corrected chi connectivity index (χ0v) is 10.5. The van der Waals surface area contributed by atoms with Crippen molar-refractivity contribution in [2.45, 2.75) is 64.5 Å². The van der Waals surface area contributed by atoms with Crippen LogP contribution in [0.5, 0.6) is 0 Å². The van der Waals surface area contributed by atoms with Crippen LogP contribution in [0.4, 0.5) is 0 Å². The van der Waals surface area contributed by atoms with E-state index in [1.54, 1.807) is 0 Å². The molecule has 0 aromatic heterocycles. The van der Waals surface area contributed by atoms with Gasteiger partial charge < -0.3 is 11.1 Å². The summed E-state index contributed by atoms with van der Waals surface area (Å²) in [6, 6.07) is -0.313. The van der Waals surface area contributed by atoms with Crippen molar-refractivity contribution >= 4 is 5.91 Å². The monoisotopic (exact) mass is 224 g/mol. The fourth-order valence-corrected chi connectivity index (χ4v) is 1.62. The number of amides is 1. The molecule has 0 fully saturated rings. The van der Waals surface area contributed by atoms with Crippen molar-refractivity contribution in [3.05, 3.63) is 0 Å². The van der Waals surface area contributed by atoms with Gasteiger partial charge in [0.1, 0.15) is 0 Å². The van der Waals surface area contributed by atoms with Crippen LogP contribution in [0, 0.1) is 12.3 Å². The van der Waals surface area contributed by atoms with Crippen LogP contribution in [0.15, 0.2) is 0 Å². The summed E-state index contributed by atoms with van der Waals surface area (Å²) >= 11 is 0. The van der Waals surface area contributed by atoms with Crippen molar-refractivity contribution in [1.29, 1.82) is 0 Å². The lowest BCUT2D eigenvalue weighted by molar-refractivity contribution is -0.123. The molecule has 0 rings (SSSR count). The Hall–Kier alpha value is -1.01. The van der Waals surface area contributed by atoms with Gasteiger partial charge in [-0.05, 0) is 12.8 Å². The summed E-state index contributed by atoms with van der Waals surface area (Å²) in [6.07, 6.45) is 10.8. The van der Waals surface area contributed by atoms with Crippen molar-refractivity contribution in [2.24, 2.45) is 5.73 Å². The lowest BCUT2D eigenvalue weighted by Gasteiger charge is -2.19. The van der Waals surface area contributed by atoms with Crippen LogP contribution in [0.1, 0.15) is 52.4 Å². The molecule has 92 valence electrons. The van der Waals surface area contributed by atoms with Gasteiger partial charge in [0.2, 0.25) is 5.91 Å². The number of nitrogens with two attached hydrogens (primary N) is 1. The first-order valence-electron chi connectivity index (χ1n) is 6.15. The smallest absolute Gasteiger partial charge is 0.238 e. The maximum atomic E-state index is 11.6. The molecule has 16 heavy (non-hydrogen) atoms. The van der Waals surface area contributed by atoms with E-state index in [2.05, 4.69) is 25.1 Å². The molecule has 3 heteroatoms. The second-order valence-electron chi connectivity index (χ2n) is 4.15. The Kier molecular flexibility index (Phi) is 8.65. The first kappa shape index (κ1) is 15.0. The Balaban J connectivity index is 4.06. The summed E-state index contributed by atoms with van der Waals surface area (Å²) in [5.74, 6) is 2.29. The van der Waals surface area contributed by atoms with Crippen LogP contribution in [-0.4, -0.2) is 18.0 Å². The molecule has 2 atom stereocenters. The normalized spacial score (nSPS) is 13.9. The Morgan fingerprint density at radius 1 is 1.38 bits per heavy atom. The Morgan fingerprint density at radius 3 is 2.56 bits per heavy atom. The number of carbonyl (C=O) groups is 1. The molecule has 0 saturated heterocycles. The molecule has 0 heterocycles. The van der Waals surface area contributed by atoms with Gasteiger partial charge in [0.25, 0.3) is 0 Å². The fourth-order valence-electron chi connectivity index (χ4n) is 1.62. The summed E-state index contributed by atoms with van der Waals surface area (Å²) in [6.45, 7) is 4.27. The Labute approximate surface area is 99.2 Å². The minimum atomic E-state index is -0.564. The number of unbranched alkanes of at least 4 members (excludes halogenated alkanes) is 1. The van der Waals surface area contributed by atoms with Crippen molar-refractivity contribution in [1.82, 2.24) is 5.32 Å². The molecular weight excluding hydrogens is 200 g/mol. The van der Waals surface area contributed by atoms with Gasteiger partial charge in [-0.2, -0.15) is 0 Å². The zero-order valence-electron chi connectivity index (χ0n) is 10.5. The van der Waals surface area contributed by atoms with Crippen LogP contribution < -0.4 is 11.1 Å². The molecule has 1 amide bonds. The maximum absolute atomic E-state index is 11.6. The predicted octanol–water partition coefficient (Wildman–Crippen LogP) is 1.81. The number of hydrogen-bond donors (Lipinski definition) is 2. The van der Waals surface area contributed by atoms with Crippen LogP contribution in [0.25, 0.3) is 0 Å². The lowest BCUT2D eigenvalue weighted by atomic mass is 10.0. The molecule has 0 aliphatic heterocycles. The Bertz CT molecular complexity index is 233. The van der Waals surface area contributed by atoms with Gasteiger partial charge in [0.15, 0.2) is 0 Å². The van der Waals surface area contributed by atoms with E-state index in [1.807, 2.05) is 0 Å². The summed E-state index contributed by atoms with van der Waals surface area (Å²) in [5, 5.41) is 2.98. The van der Waals surface area contributed by atoms with E-state index in [0.29, 0.717) is 6.42 Å². The van der Waals surface area contributed by atoms with Crippen molar-refractivity contribution < 1.29 is 4.79 Å². The molecule has 0 bridgehead atoms. The van der Waals surface area contributed by atoms with E-state index in [1.165, 1.54) is 0 Å². The molecule has 0 aliphatic rings. The van der Waals surface area contributed by atoms with Crippen LogP contribution in [0.3, 0.4) is 0 Å². The number of carbonyl (C=O) groups excluding carboxylic acids is 1. The first-order valence-corrected chi connectivity index (χ1v) is 6.15. The molecule has 0 aromatic rings. The number of hydrogen-bond acceptors (Lipinski definition) is 2. The number of terminal acetylenes is 1. The second kappa shape index (κ2) is 9.23. The van der Waals surface area contributed by atoms with E-state index in [4.69, 9.17) is 12.2 Å². The minimum absolute atomic E-state index is 0.118. The van der Waals surface area contributed by atoms with Crippen LogP contribution in [0.2, 0.25) is 0 Å². The molecule has 0 saturated carbocycles. The van der Waals surface area contributed by atoms with Gasteiger partial charge in [-0.15, -0.1) is 12.3 Å². The molecule has 3 nitrogen and oxygen atoms in total. The summed E-state index contributed by atoms with van der Waals surface area (Å²) in [7, 11) is 0. The average Bonchev–Trinajstić information content (AvgIpc) is 2.26. The van der Waals surface area contributed by atoms with E-state index in [9.17, 15) is 4.79 Å². The van der Waals surface area contributed by atoms with E-state index in [0.717, 1.165) is 32.1 Å². The Morgan fingerprint density at radius 2 is 2.06 bits per heavy atom. The molecule has 2 unspecified atom stereocenters. The van der Waals surface area contributed by atoms with Gasteiger partial charge in [-0.25, -0.2) is 0 Å². The van der Waals surface area contributed by atoms with E-state index < -0.39 is 6.04 Å². The highest BCUT2D eigenvalue weighted by molar-refractivity contribution is 5.82. The van der Waals surface area contributed by atoms with Crippen molar-refractivity contribution in [2.75, 3.05) is 0 Å². The molecule has 0 aromatic carbocycles. The third-order valence-electron chi connectivity index (χ3n) is 2.56. The fraction of sp³-hybridized carbons (Fsp3) is 0.769. The lowest BCUT2D eigenvalue weighted by Crippen LogP contribution is -2.45. The standard InChI is InChI=1S/C13H24N2O/c1-4-7-10-11(8-5-2)15-13(16)12(14)9-6-3/h3,11-12H,4-5,7-10,14H2,1-2H3,(H,15,16). The molecule has 3 N–H and O–H groups in total. The molecule has 0 radical (unpaired) electrons. The summed E-state index contributed by atoms with van der Waals surface area (Å²) in [5.41, 5.74) is 5.65. The van der Waals surface area contributed by atoms with Gasteiger partial charge in [0, 0.05) is 12.5 Å². The van der Waals surface area contributed by atoms with E-state index in [-0.39, 0.29) is 11.9 Å². The van der Waals surface area contributed by atoms with Crippen LogP contribution in [-0.2, 0) is 4.79 Å². The first-order chi connectivity index (χ1) is 7.65. The third kappa shape index (κ3) is 6.47. The topological polar surface area (TPSA) is 55.1 Å². The SMILES string of the molecule is C#CCC(N)C(=O)NC(CCC)CCCC. The predicted molar refractivity (Wildman–Crippen MR) is 67.8 cm³/mol. The van der Waals surface area contributed by atoms with E-state index >= 15 is 0 Å². The second-order valence-corrected chi connectivity index (χ2v) is 4.15. The largest absolute Gasteiger partial charge is 0.352 e.